The van der Waals surface area contributed by atoms with Crippen molar-refractivity contribution >= 4 is 26.0 Å². The summed E-state index contributed by atoms with van der Waals surface area (Å²) in [6.07, 6.45) is -0.198. The Hall–Kier alpha value is -0.470. The number of aryl methyl sites for hydroxylation is 1. The largest absolute Gasteiger partial charge is 0.392 e. The third-order valence-electron chi connectivity index (χ3n) is 2.77. The molecule has 1 rings (SSSR count). The summed E-state index contributed by atoms with van der Waals surface area (Å²) in [6.45, 7) is 5.97. The molecular formula is C13H20BrNO4S. The van der Waals surface area contributed by atoms with Crippen LogP contribution in [0.1, 0.15) is 25.0 Å². The number of hydrogen-bond donors (Lipinski definition) is 2. The van der Waals surface area contributed by atoms with Crippen molar-refractivity contribution in [3.63, 3.8) is 0 Å². The van der Waals surface area contributed by atoms with Crippen molar-refractivity contribution in [3.8, 4) is 0 Å². The van der Waals surface area contributed by atoms with Crippen LogP contribution < -0.4 is 4.72 Å². The van der Waals surface area contributed by atoms with Crippen molar-refractivity contribution in [2.45, 2.75) is 38.4 Å². The van der Waals surface area contributed by atoms with E-state index in [2.05, 4.69) is 20.7 Å². The van der Waals surface area contributed by atoms with Crippen molar-refractivity contribution in [1.29, 1.82) is 0 Å². The van der Waals surface area contributed by atoms with Crippen LogP contribution >= 0.6 is 15.9 Å². The topological polar surface area (TPSA) is 75.6 Å². The van der Waals surface area contributed by atoms with Crippen molar-refractivity contribution in [2.75, 3.05) is 13.2 Å². The lowest BCUT2D eigenvalue weighted by atomic mass is 10.1. The molecule has 1 aromatic rings. The van der Waals surface area contributed by atoms with Gasteiger partial charge in [-0.2, -0.15) is 0 Å². The van der Waals surface area contributed by atoms with E-state index in [9.17, 15) is 13.5 Å². The second-order valence-corrected chi connectivity index (χ2v) is 7.03. The summed E-state index contributed by atoms with van der Waals surface area (Å²) < 4.78 is 32.9. The smallest absolute Gasteiger partial charge is 0.241 e. The van der Waals surface area contributed by atoms with Crippen LogP contribution in [0.4, 0.5) is 0 Å². The maximum absolute atomic E-state index is 12.3. The molecule has 0 aromatic heterocycles. The van der Waals surface area contributed by atoms with E-state index < -0.39 is 10.0 Å². The second-order valence-electron chi connectivity index (χ2n) is 4.50. The molecule has 20 heavy (non-hydrogen) atoms. The molecule has 114 valence electrons. The standard InChI is InChI=1S/C13H20BrNO4S/c1-4-19-10(3)7-15-20(17,18)12-6-11(8-16)5-9(2)13(12)14/h5-6,10,15-16H,4,7-8H2,1-3H3. The number of sulfonamides is 1. The molecule has 0 fully saturated rings. The molecule has 1 atom stereocenters. The third kappa shape index (κ3) is 4.53. The minimum atomic E-state index is -3.65. The lowest BCUT2D eigenvalue weighted by molar-refractivity contribution is 0.0799. The molecule has 0 spiro atoms. The zero-order valence-corrected chi connectivity index (χ0v) is 14.2. The number of aliphatic hydroxyl groups excluding tert-OH is 1. The molecule has 1 unspecified atom stereocenters. The van der Waals surface area contributed by atoms with Crippen molar-refractivity contribution in [2.24, 2.45) is 0 Å². The normalized spacial score (nSPS) is 13.4. The number of halogens is 1. The van der Waals surface area contributed by atoms with Gasteiger partial charge >= 0.3 is 0 Å². The van der Waals surface area contributed by atoms with E-state index in [0.717, 1.165) is 5.56 Å². The van der Waals surface area contributed by atoms with Gasteiger partial charge in [0.15, 0.2) is 0 Å². The van der Waals surface area contributed by atoms with Crippen molar-refractivity contribution < 1.29 is 18.3 Å². The van der Waals surface area contributed by atoms with Gasteiger partial charge < -0.3 is 9.84 Å². The third-order valence-corrected chi connectivity index (χ3v) is 5.53. The lowest BCUT2D eigenvalue weighted by Gasteiger charge is -2.15. The van der Waals surface area contributed by atoms with Gasteiger partial charge in [0, 0.05) is 17.6 Å². The number of rotatable bonds is 7. The highest BCUT2D eigenvalue weighted by Crippen LogP contribution is 2.27. The molecule has 0 aliphatic carbocycles. The molecule has 0 saturated carbocycles. The van der Waals surface area contributed by atoms with Gasteiger partial charge in [0.05, 0.1) is 17.6 Å². The molecule has 0 saturated heterocycles. The Kier molecular flexibility index (Phi) is 6.60. The van der Waals surface area contributed by atoms with Crippen molar-refractivity contribution in [3.05, 3.63) is 27.7 Å². The Balaban J connectivity index is 3.00. The zero-order chi connectivity index (χ0) is 15.3. The van der Waals surface area contributed by atoms with Gasteiger partial charge in [-0.1, -0.05) is 6.07 Å². The first kappa shape index (κ1) is 17.6. The number of hydrogen-bond acceptors (Lipinski definition) is 4. The quantitative estimate of drug-likeness (QED) is 0.774. The Bertz CT molecular complexity index is 560. The molecule has 7 heteroatoms. The Labute approximate surface area is 128 Å². The Morgan fingerprint density at radius 2 is 2.10 bits per heavy atom. The van der Waals surface area contributed by atoms with Crippen LogP contribution in [-0.4, -0.2) is 32.8 Å². The van der Waals surface area contributed by atoms with Crippen LogP contribution in [0.3, 0.4) is 0 Å². The van der Waals surface area contributed by atoms with Crippen LogP contribution in [0, 0.1) is 6.92 Å². The molecule has 0 radical (unpaired) electrons. The van der Waals surface area contributed by atoms with Crippen LogP contribution in [0.5, 0.6) is 0 Å². The molecule has 1 aromatic carbocycles. The number of ether oxygens (including phenoxy) is 1. The summed E-state index contributed by atoms with van der Waals surface area (Å²) >= 11 is 3.29. The molecule has 0 bridgehead atoms. The predicted octanol–water partition coefficient (Wildman–Crippen LogP) is 1.95. The van der Waals surface area contributed by atoms with Gasteiger partial charge in [-0.25, -0.2) is 13.1 Å². The summed E-state index contributed by atoms with van der Waals surface area (Å²) in [5.41, 5.74) is 1.32. The van der Waals surface area contributed by atoms with Gasteiger partial charge in [-0.05, 0) is 53.9 Å². The molecule has 0 heterocycles. The second kappa shape index (κ2) is 7.51. The average molecular weight is 366 g/mol. The maximum Gasteiger partial charge on any atom is 0.241 e. The summed E-state index contributed by atoms with van der Waals surface area (Å²) in [4.78, 5) is 0.130. The molecule has 0 amide bonds. The van der Waals surface area contributed by atoms with Gasteiger partial charge in [0.2, 0.25) is 10.0 Å². The van der Waals surface area contributed by atoms with E-state index in [1.54, 1.807) is 19.9 Å². The number of nitrogens with one attached hydrogen (secondary N) is 1. The summed E-state index contributed by atoms with van der Waals surface area (Å²) in [5, 5.41) is 9.18. The van der Waals surface area contributed by atoms with Gasteiger partial charge in [0.25, 0.3) is 0 Å². The Morgan fingerprint density at radius 1 is 1.45 bits per heavy atom. The van der Waals surface area contributed by atoms with E-state index in [1.165, 1.54) is 6.07 Å². The fourth-order valence-corrected chi connectivity index (χ4v) is 3.93. The first-order chi connectivity index (χ1) is 9.31. The van der Waals surface area contributed by atoms with Gasteiger partial charge in [0.1, 0.15) is 0 Å². The zero-order valence-electron chi connectivity index (χ0n) is 11.8. The summed E-state index contributed by atoms with van der Waals surface area (Å²) in [6, 6.07) is 3.21. The molecule has 0 aliphatic rings. The summed E-state index contributed by atoms with van der Waals surface area (Å²) in [7, 11) is -3.65. The van der Waals surface area contributed by atoms with E-state index in [0.29, 0.717) is 16.6 Å². The predicted molar refractivity (Wildman–Crippen MR) is 81.1 cm³/mol. The molecular weight excluding hydrogens is 346 g/mol. The average Bonchev–Trinajstić information content (AvgIpc) is 2.39. The highest BCUT2D eigenvalue weighted by Gasteiger charge is 2.20. The maximum atomic E-state index is 12.3. The number of aliphatic hydroxyl groups is 1. The Morgan fingerprint density at radius 3 is 2.65 bits per heavy atom. The SMILES string of the molecule is CCOC(C)CNS(=O)(=O)c1cc(CO)cc(C)c1Br. The van der Waals surface area contributed by atoms with E-state index in [-0.39, 0.29) is 24.2 Å². The summed E-state index contributed by atoms with van der Waals surface area (Å²) in [5.74, 6) is 0. The highest BCUT2D eigenvalue weighted by atomic mass is 79.9. The van der Waals surface area contributed by atoms with Crippen molar-refractivity contribution in [1.82, 2.24) is 4.72 Å². The van der Waals surface area contributed by atoms with Crippen LogP contribution in [0.25, 0.3) is 0 Å². The minimum absolute atomic E-state index is 0.130. The molecule has 5 nitrogen and oxygen atoms in total. The first-order valence-electron chi connectivity index (χ1n) is 6.33. The van der Waals surface area contributed by atoms with E-state index in [4.69, 9.17) is 4.74 Å². The number of benzene rings is 1. The molecule has 0 aliphatic heterocycles. The fourth-order valence-electron chi connectivity index (χ4n) is 1.74. The van der Waals surface area contributed by atoms with Gasteiger partial charge in [-0.3, -0.25) is 0 Å². The van der Waals surface area contributed by atoms with E-state index >= 15 is 0 Å². The highest BCUT2D eigenvalue weighted by molar-refractivity contribution is 9.10. The lowest BCUT2D eigenvalue weighted by Crippen LogP contribution is -2.32. The minimum Gasteiger partial charge on any atom is -0.392 e. The van der Waals surface area contributed by atoms with Crippen LogP contribution in [0.15, 0.2) is 21.5 Å². The van der Waals surface area contributed by atoms with Crippen LogP contribution in [0.2, 0.25) is 0 Å². The monoisotopic (exact) mass is 365 g/mol. The van der Waals surface area contributed by atoms with Crippen LogP contribution in [-0.2, 0) is 21.4 Å². The van der Waals surface area contributed by atoms with Gasteiger partial charge in [-0.15, -0.1) is 0 Å². The fraction of sp³-hybridized carbons (Fsp3) is 0.538. The van der Waals surface area contributed by atoms with E-state index in [1.807, 2.05) is 6.92 Å². The first-order valence-corrected chi connectivity index (χ1v) is 8.60. The molecule has 2 N–H and O–H groups in total.